The van der Waals surface area contributed by atoms with Crippen LogP contribution >= 0.6 is 0 Å². The molecule has 1 saturated heterocycles. The van der Waals surface area contributed by atoms with Gasteiger partial charge in [0.25, 0.3) is 0 Å². The molecule has 2 atom stereocenters. The second-order valence-corrected chi connectivity index (χ2v) is 6.23. The van der Waals surface area contributed by atoms with E-state index in [4.69, 9.17) is 0 Å². The molecule has 2 unspecified atom stereocenters. The molecule has 2 aliphatic heterocycles. The van der Waals surface area contributed by atoms with Crippen LogP contribution in [-0.4, -0.2) is 36.7 Å². The molecule has 0 amide bonds. The fraction of sp³-hybridized carbons (Fsp3) is 0.562. The molecule has 4 rings (SSSR count). The van der Waals surface area contributed by atoms with Crippen LogP contribution in [0.15, 0.2) is 18.5 Å². The fourth-order valence-electron chi connectivity index (χ4n) is 3.83. The number of aromatic nitrogens is 4. The summed E-state index contributed by atoms with van der Waals surface area (Å²) in [6, 6.07) is 2.67. The molecule has 4 heterocycles. The van der Waals surface area contributed by atoms with Gasteiger partial charge in [0, 0.05) is 49.8 Å². The van der Waals surface area contributed by atoms with Crippen molar-refractivity contribution in [1.29, 1.82) is 0 Å². The van der Waals surface area contributed by atoms with Gasteiger partial charge >= 0.3 is 0 Å². The number of rotatable bonds is 3. The van der Waals surface area contributed by atoms with E-state index in [1.807, 2.05) is 0 Å². The highest BCUT2D eigenvalue weighted by atomic mass is 19.1. The molecule has 2 aromatic rings. The second kappa shape index (κ2) is 5.43. The normalized spacial score (nSPS) is 24.3. The summed E-state index contributed by atoms with van der Waals surface area (Å²) in [4.78, 5) is 6.29. The Kier molecular flexibility index (Phi) is 3.41. The predicted molar refractivity (Wildman–Crippen MR) is 79.7 cm³/mol. The summed E-state index contributed by atoms with van der Waals surface area (Å²) < 4.78 is 16.2. The van der Waals surface area contributed by atoms with E-state index in [9.17, 15) is 4.39 Å². The van der Waals surface area contributed by atoms with E-state index in [-0.39, 0.29) is 5.82 Å². The molecule has 0 saturated carbocycles. The number of hydrogen-bond donors (Lipinski definition) is 0. The summed E-state index contributed by atoms with van der Waals surface area (Å²) >= 11 is 0. The van der Waals surface area contributed by atoms with Gasteiger partial charge in [0.05, 0.1) is 6.20 Å². The van der Waals surface area contributed by atoms with Crippen LogP contribution in [0.1, 0.15) is 37.0 Å². The Morgan fingerprint density at radius 1 is 1.27 bits per heavy atom. The molecule has 0 spiro atoms. The highest BCUT2D eigenvalue weighted by Gasteiger charge is 2.38. The van der Waals surface area contributed by atoms with E-state index in [0.29, 0.717) is 18.6 Å². The first-order valence-corrected chi connectivity index (χ1v) is 8.01. The molecule has 22 heavy (non-hydrogen) atoms. The van der Waals surface area contributed by atoms with Gasteiger partial charge < -0.3 is 4.57 Å². The molecule has 6 heteroatoms. The lowest BCUT2D eigenvalue weighted by atomic mass is 10.1. The van der Waals surface area contributed by atoms with Gasteiger partial charge in [-0.15, -0.1) is 10.2 Å². The van der Waals surface area contributed by atoms with Gasteiger partial charge in [-0.25, -0.2) is 4.39 Å². The number of hydrogen-bond acceptors (Lipinski definition) is 4. The van der Waals surface area contributed by atoms with Gasteiger partial charge in [-0.3, -0.25) is 9.88 Å². The molecule has 0 aliphatic carbocycles. The van der Waals surface area contributed by atoms with E-state index in [1.54, 1.807) is 12.3 Å². The van der Waals surface area contributed by atoms with E-state index < -0.39 is 0 Å². The summed E-state index contributed by atoms with van der Waals surface area (Å²) in [5, 5.41) is 8.67. The van der Waals surface area contributed by atoms with Crippen LogP contribution in [0.2, 0.25) is 0 Å². The minimum Gasteiger partial charge on any atom is -0.313 e. The maximum Gasteiger partial charge on any atom is 0.145 e. The summed E-state index contributed by atoms with van der Waals surface area (Å²) in [6.07, 6.45) is 7.12. The summed E-state index contributed by atoms with van der Waals surface area (Å²) in [6.45, 7) is 3.70. The number of nitrogens with zero attached hydrogens (tertiary/aromatic N) is 5. The molecule has 5 nitrogen and oxygen atoms in total. The Labute approximate surface area is 129 Å². The summed E-state index contributed by atoms with van der Waals surface area (Å²) in [7, 11) is 0. The lowest BCUT2D eigenvalue weighted by Crippen LogP contribution is -2.36. The topological polar surface area (TPSA) is 46.8 Å². The third-order valence-electron chi connectivity index (χ3n) is 5.01. The van der Waals surface area contributed by atoms with Crippen molar-refractivity contribution in [2.45, 2.75) is 57.8 Å². The largest absolute Gasteiger partial charge is 0.313 e. The standard InChI is InChI=1S/C16H20FN5/c1-2-15-19-20-16-7-12-3-4-13(10-22(15)16)21(12)9-11-5-6-18-8-14(11)17/h5-6,8,12-13H,2-4,7,9-10H2,1H3. The highest BCUT2D eigenvalue weighted by molar-refractivity contribution is 5.14. The first-order chi connectivity index (χ1) is 10.8. The molecule has 116 valence electrons. The Hall–Kier alpha value is -1.82. The molecule has 2 aromatic heterocycles. The number of fused-ring (bicyclic) bond motifs is 3. The van der Waals surface area contributed by atoms with Gasteiger partial charge in [-0.2, -0.15) is 0 Å². The van der Waals surface area contributed by atoms with E-state index in [2.05, 4.69) is 31.6 Å². The average molecular weight is 301 g/mol. The van der Waals surface area contributed by atoms with Crippen LogP contribution in [0.25, 0.3) is 0 Å². The third kappa shape index (κ3) is 2.22. The van der Waals surface area contributed by atoms with Crippen LogP contribution in [-0.2, 0) is 25.9 Å². The number of pyridine rings is 1. The molecule has 0 N–H and O–H groups in total. The first-order valence-electron chi connectivity index (χ1n) is 8.01. The van der Waals surface area contributed by atoms with Crippen LogP contribution in [0, 0.1) is 5.82 Å². The summed E-state index contributed by atoms with van der Waals surface area (Å²) in [5.41, 5.74) is 0.736. The molecule has 2 bridgehead atoms. The number of halogens is 1. The monoisotopic (exact) mass is 301 g/mol. The SMILES string of the molecule is CCc1nnc2n1CC1CCC(C2)N1Cc1ccncc1F. The Morgan fingerprint density at radius 3 is 2.95 bits per heavy atom. The van der Waals surface area contributed by atoms with Crippen molar-refractivity contribution in [2.24, 2.45) is 0 Å². The first kappa shape index (κ1) is 13.8. The van der Waals surface area contributed by atoms with Gasteiger partial charge in [-0.05, 0) is 18.9 Å². The van der Waals surface area contributed by atoms with Crippen molar-refractivity contribution in [3.63, 3.8) is 0 Å². The zero-order chi connectivity index (χ0) is 15.1. The second-order valence-electron chi connectivity index (χ2n) is 6.23. The molecule has 0 radical (unpaired) electrons. The Bertz CT molecular complexity index is 683. The Balaban J connectivity index is 1.61. The van der Waals surface area contributed by atoms with Crippen LogP contribution < -0.4 is 0 Å². The molecule has 0 aromatic carbocycles. The van der Waals surface area contributed by atoms with Crippen molar-refractivity contribution in [3.05, 3.63) is 41.5 Å². The van der Waals surface area contributed by atoms with Crippen molar-refractivity contribution in [3.8, 4) is 0 Å². The van der Waals surface area contributed by atoms with E-state index in [0.717, 1.165) is 49.4 Å². The lowest BCUT2D eigenvalue weighted by Gasteiger charge is -2.27. The van der Waals surface area contributed by atoms with Gasteiger partial charge in [0.15, 0.2) is 0 Å². The minimum atomic E-state index is -0.209. The van der Waals surface area contributed by atoms with Crippen molar-refractivity contribution < 1.29 is 4.39 Å². The molecule has 2 aliphatic rings. The van der Waals surface area contributed by atoms with Crippen LogP contribution in [0.3, 0.4) is 0 Å². The molecular weight excluding hydrogens is 281 g/mol. The smallest absolute Gasteiger partial charge is 0.145 e. The Morgan fingerprint density at radius 2 is 2.14 bits per heavy atom. The highest BCUT2D eigenvalue weighted by Crippen LogP contribution is 2.33. The average Bonchev–Trinajstić information content (AvgIpc) is 3.02. The van der Waals surface area contributed by atoms with Crippen LogP contribution in [0.4, 0.5) is 4.39 Å². The quantitative estimate of drug-likeness (QED) is 0.869. The van der Waals surface area contributed by atoms with Crippen LogP contribution in [0.5, 0.6) is 0 Å². The molecular formula is C16H20FN5. The molecule has 1 fully saturated rings. The van der Waals surface area contributed by atoms with Crippen molar-refractivity contribution in [2.75, 3.05) is 0 Å². The summed E-state index contributed by atoms with van der Waals surface area (Å²) in [5.74, 6) is 1.95. The zero-order valence-electron chi connectivity index (χ0n) is 12.7. The lowest BCUT2D eigenvalue weighted by molar-refractivity contribution is 0.177. The fourth-order valence-corrected chi connectivity index (χ4v) is 3.83. The van der Waals surface area contributed by atoms with Gasteiger partial charge in [0.1, 0.15) is 17.5 Å². The maximum atomic E-state index is 13.9. The van der Waals surface area contributed by atoms with Gasteiger partial charge in [0.2, 0.25) is 0 Å². The van der Waals surface area contributed by atoms with Crippen molar-refractivity contribution in [1.82, 2.24) is 24.6 Å². The third-order valence-corrected chi connectivity index (χ3v) is 5.01. The minimum absolute atomic E-state index is 0.209. The van der Waals surface area contributed by atoms with Crippen molar-refractivity contribution >= 4 is 0 Å². The predicted octanol–water partition coefficient (Wildman–Crippen LogP) is 1.96. The number of aryl methyl sites for hydroxylation is 1. The van der Waals surface area contributed by atoms with E-state index >= 15 is 0 Å². The van der Waals surface area contributed by atoms with Gasteiger partial charge in [-0.1, -0.05) is 6.92 Å². The zero-order valence-corrected chi connectivity index (χ0v) is 12.7. The van der Waals surface area contributed by atoms with E-state index in [1.165, 1.54) is 6.20 Å². The maximum absolute atomic E-state index is 13.9.